The predicted octanol–water partition coefficient (Wildman–Crippen LogP) is -0.315. The highest BCUT2D eigenvalue weighted by atomic mass is 19.1. The summed E-state index contributed by atoms with van der Waals surface area (Å²) in [5.74, 6) is -0.651. The van der Waals surface area contributed by atoms with Crippen LogP contribution in [0.25, 0.3) is 0 Å². The summed E-state index contributed by atoms with van der Waals surface area (Å²) in [4.78, 5) is 0. The van der Waals surface area contributed by atoms with Gasteiger partial charge in [-0.2, -0.15) is 0 Å². The molecule has 0 spiro atoms. The quantitative estimate of drug-likeness (QED) is 0.476. The van der Waals surface area contributed by atoms with Crippen LogP contribution in [0.15, 0.2) is 18.2 Å². The summed E-state index contributed by atoms with van der Waals surface area (Å²) in [5.41, 5.74) is 0.513. The molecule has 5 nitrogen and oxygen atoms in total. The fourth-order valence-corrected chi connectivity index (χ4v) is 1.43. The van der Waals surface area contributed by atoms with Crippen LogP contribution >= 0.6 is 0 Å². The maximum atomic E-state index is 13.2. The zero-order chi connectivity index (χ0) is 14.1. The molecule has 0 aliphatic carbocycles. The van der Waals surface area contributed by atoms with Crippen LogP contribution in [0.5, 0.6) is 0 Å². The van der Waals surface area contributed by atoms with E-state index in [1.54, 1.807) is 7.11 Å². The van der Waals surface area contributed by atoms with Crippen molar-refractivity contribution < 1.29 is 28.6 Å². The molecule has 0 saturated heterocycles. The first-order valence-corrected chi connectivity index (χ1v) is 5.94. The minimum absolute atomic E-state index is 0.155. The first kappa shape index (κ1) is 16.1. The number of rotatable bonds is 9. The van der Waals surface area contributed by atoms with Crippen LogP contribution < -0.4 is 5.46 Å². The lowest BCUT2D eigenvalue weighted by Crippen LogP contribution is -2.33. The Morgan fingerprint density at radius 3 is 2.47 bits per heavy atom. The lowest BCUT2D eigenvalue weighted by molar-refractivity contribution is 0.0199. The minimum Gasteiger partial charge on any atom is -0.423 e. The predicted molar refractivity (Wildman–Crippen MR) is 68.6 cm³/mol. The molecule has 0 unspecified atom stereocenters. The van der Waals surface area contributed by atoms with Gasteiger partial charge in [0.25, 0.3) is 0 Å². The highest BCUT2D eigenvalue weighted by Gasteiger charge is 2.16. The first-order chi connectivity index (χ1) is 9.15. The topological polar surface area (TPSA) is 68.2 Å². The molecule has 0 heterocycles. The first-order valence-electron chi connectivity index (χ1n) is 5.94. The van der Waals surface area contributed by atoms with Gasteiger partial charge in [0.1, 0.15) is 5.82 Å². The van der Waals surface area contributed by atoms with Crippen molar-refractivity contribution in [3.8, 4) is 0 Å². The van der Waals surface area contributed by atoms with Crippen molar-refractivity contribution in [3.05, 3.63) is 29.6 Å². The van der Waals surface area contributed by atoms with Gasteiger partial charge in [-0.1, -0.05) is 12.1 Å². The van der Waals surface area contributed by atoms with Crippen molar-refractivity contribution in [1.29, 1.82) is 0 Å². The van der Waals surface area contributed by atoms with Gasteiger partial charge in [0.2, 0.25) is 0 Å². The van der Waals surface area contributed by atoms with Gasteiger partial charge in [-0.25, -0.2) is 4.39 Å². The zero-order valence-electron chi connectivity index (χ0n) is 10.8. The van der Waals surface area contributed by atoms with E-state index in [4.69, 9.17) is 24.3 Å². The van der Waals surface area contributed by atoms with E-state index in [0.717, 1.165) is 0 Å². The van der Waals surface area contributed by atoms with Gasteiger partial charge in [0.05, 0.1) is 33.0 Å². The molecule has 0 atom stereocenters. The van der Waals surface area contributed by atoms with Crippen LogP contribution in [0.1, 0.15) is 5.56 Å². The van der Waals surface area contributed by atoms with Crippen LogP contribution in [0.2, 0.25) is 0 Å². The van der Waals surface area contributed by atoms with Crippen molar-refractivity contribution in [2.75, 3.05) is 33.5 Å². The molecule has 0 bridgehead atoms. The van der Waals surface area contributed by atoms with Gasteiger partial charge < -0.3 is 24.3 Å². The number of hydrogen-bond acceptors (Lipinski definition) is 5. The van der Waals surface area contributed by atoms with Gasteiger partial charge in [-0.3, -0.25) is 0 Å². The smallest absolute Gasteiger partial charge is 0.423 e. The Kier molecular flexibility index (Phi) is 7.62. The maximum Gasteiger partial charge on any atom is 0.491 e. The Bertz CT molecular complexity index is 375. The van der Waals surface area contributed by atoms with Crippen molar-refractivity contribution >= 4 is 12.6 Å². The van der Waals surface area contributed by atoms with Crippen molar-refractivity contribution in [3.63, 3.8) is 0 Å². The molecule has 0 aliphatic rings. The lowest BCUT2D eigenvalue weighted by atomic mass is 9.79. The van der Waals surface area contributed by atoms with Crippen LogP contribution in [-0.4, -0.2) is 50.7 Å². The SMILES string of the molecule is COCCOCCOCc1ccc(F)c(B(O)O)c1. The minimum atomic E-state index is -1.82. The summed E-state index contributed by atoms with van der Waals surface area (Å²) in [5, 5.41) is 17.9. The highest BCUT2D eigenvalue weighted by Crippen LogP contribution is 2.03. The van der Waals surface area contributed by atoms with Crippen LogP contribution in [0, 0.1) is 5.82 Å². The third kappa shape index (κ3) is 6.13. The lowest BCUT2D eigenvalue weighted by Gasteiger charge is -2.08. The van der Waals surface area contributed by atoms with Gasteiger partial charge in [-0.05, 0) is 11.6 Å². The van der Waals surface area contributed by atoms with Gasteiger partial charge in [-0.15, -0.1) is 0 Å². The Morgan fingerprint density at radius 2 is 1.79 bits per heavy atom. The molecule has 0 radical (unpaired) electrons. The molecular weight excluding hydrogens is 254 g/mol. The Morgan fingerprint density at radius 1 is 1.11 bits per heavy atom. The second-order valence-corrected chi connectivity index (χ2v) is 3.89. The third-order valence-electron chi connectivity index (χ3n) is 2.41. The molecule has 0 fully saturated rings. The van der Waals surface area contributed by atoms with Crippen molar-refractivity contribution in [1.82, 2.24) is 0 Å². The number of hydrogen-bond donors (Lipinski definition) is 2. The molecule has 1 rings (SSSR count). The van der Waals surface area contributed by atoms with E-state index in [0.29, 0.717) is 32.0 Å². The fourth-order valence-electron chi connectivity index (χ4n) is 1.43. The number of benzene rings is 1. The van der Waals surface area contributed by atoms with E-state index in [1.807, 2.05) is 0 Å². The largest absolute Gasteiger partial charge is 0.491 e. The fraction of sp³-hybridized carbons (Fsp3) is 0.500. The summed E-state index contributed by atoms with van der Waals surface area (Å²) in [7, 11) is -0.223. The van der Waals surface area contributed by atoms with Gasteiger partial charge in [0, 0.05) is 12.6 Å². The molecule has 7 heteroatoms. The van der Waals surface area contributed by atoms with Crippen molar-refractivity contribution in [2.24, 2.45) is 0 Å². The van der Waals surface area contributed by atoms with E-state index in [-0.39, 0.29) is 12.1 Å². The number of methoxy groups -OCH3 is 1. The summed E-state index contributed by atoms with van der Waals surface area (Å²) in [6.45, 7) is 2.15. The molecule has 1 aromatic rings. The van der Waals surface area contributed by atoms with Crippen LogP contribution in [0.4, 0.5) is 4.39 Å². The van der Waals surface area contributed by atoms with E-state index in [9.17, 15) is 4.39 Å². The standard InChI is InChI=1S/C12H18BFO5/c1-17-4-5-18-6-7-19-9-10-2-3-12(14)11(8-10)13(15)16/h2-3,8,15-16H,4-7,9H2,1H3. The molecule has 0 aromatic heterocycles. The van der Waals surface area contributed by atoms with Gasteiger partial charge >= 0.3 is 7.12 Å². The molecule has 106 valence electrons. The van der Waals surface area contributed by atoms with Gasteiger partial charge in [0.15, 0.2) is 0 Å². The van der Waals surface area contributed by atoms with E-state index < -0.39 is 12.9 Å². The zero-order valence-corrected chi connectivity index (χ0v) is 10.8. The molecule has 0 amide bonds. The average molecular weight is 272 g/mol. The van der Waals surface area contributed by atoms with Crippen LogP contribution in [0.3, 0.4) is 0 Å². The monoisotopic (exact) mass is 272 g/mol. The average Bonchev–Trinajstić information content (AvgIpc) is 2.39. The van der Waals surface area contributed by atoms with E-state index in [1.165, 1.54) is 18.2 Å². The highest BCUT2D eigenvalue weighted by molar-refractivity contribution is 6.58. The Hall–Kier alpha value is -0.985. The molecular formula is C12H18BFO5. The molecule has 2 N–H and O–H groups in total. The molecule has 0 aliphatic heterocycles. The van der Waals surface area contributed by atoms with E-state index >= 15 is 0 Å². The Labute approximate surface area is 112 Å². The maximum absolute atomic E-state index is 13.2. The second-order valence-electron chi connectivity index (χ2n) is 3.89. The summed E-state index contributed by atoms with van der Waals surface area (Å²) < 4.78 is 28.5. The van der Waals surface area contributed by atoms with Crippen molar-refractivity contribution in [2.45, 2.75) is 6.61 Å². The van der Waals surface area contributed by atoms with Crippen LogP contribution in [-0.2, 0) is 20.8 Å². The Balaban J connectivity index is 2.28. The molecule has 0 saturated carbocycles. The summed E-state index contributed by atoms with van der Waals surface area (Å²) in [6, 6.07) is 4.08. The van der Waals surface area contributed by atoms with E-state index in [2.05, 4.69) is 0 Å². The number of halogens is 1. The third-order valence-corrected chi connectivity index (χ3v) is 2.41. The summed E-state index contributed by atoms with van der Waals surface area (Å²) >= 11 is 0. The normalized spacial score (nSPS) is 10.7. The second kappa shape index (κ2) is 9.00. The summed E-state index contributed by atoms with van der Waals surface area (Å²) in [6.07, 6.45) is 0. The molecule has 19 heavy (non-hydrogen) atoms. The molecule has 1 aromatic carbocycles. The number of ether oxygens (including phenoxy) is 3.